The summed E-state index contributed by atoms with van der Waals surface area (Å²) in [4.78, 5) is 0. The minimum Gasteiger partial charge on any atom is -0.390 e. The van der Waals surface area contributed by atoms with Crippen LogP contribution in [0.15, 0.2) is 23.8 Å². The molecule has 0 heterocycles. The average Bonchev–Trinajstić information content (AvgIpc) is 2.15. The summed E-state index contributed by atoms with van der Waals surface area (Å²) < 4.78 is 0. The molecule has 2 heteroatoms. The molecule has 0 unspecified atom stereocenters. The molecule has 0 radical (unpaired) electrons. The van der Waals surface area contributed by atoms with Crippen LogP contribution in [0.5, 0.6) is 0 Å². The summed E-state index contributed by atoms with van der Waals surface area (Å²) in [6.07, 6.45) is 9.62. The van der Waals surface area contributed by atoms with Crippen molar-refractivity contribution in [1.82, 2.24) is 0 Å². The largest absolute Gasteiger partial charge is 0.390 e. The van der Waals surface area contributed by atoms with Gasteiger partial charge in [0.25, 0.3) is 0 Å². The van der Waals surface area contributed by atoms with Gasteiger partial charge in [-0.05, 0) is 59.3 Å². The van der Waals surface area contributed by atoms with Crippen LogP contribution >= 0.6 is 0 Å². The van der Waals surface area contributed by atoms with Gasteiger partial charge in [0.1, 0.15) is 0 Å². The Balaban J connectivity index is 2.54. The fourth-order valence-electron chi connectivity index (χ4n) is 2.28. The predicted molar refractivity (Wildman–Crippen MR) is 71.8 cm³/mol. The third-order valence-corrected chi connectivity index (χ3v) is 3.57. The number of hydrogen-bond donors (Lipinski definition) is 2. The molecule has 0 amide bonds. The van der Waals surface area contributed by atoms with Crippen molar-refractivity contribution in [1.29, 1.82) is 0 Å². The molecular weight excluding hydrogens is 212 g/mol. The Bertz CT molecular complexity index is 305. The first-order valence-electron chi connectivity index (χ1n) is 6.49. The molecule has 2 N–H and O–H groups in total. The Kier molecular flexibility index (Phi) is 4.56. The van der Waals surface area contributed by atoms with Crippen LogP contribution in [0.1, 0.15) is 53.4 Å². The van der Waals surface area contributed by atoms with Gasteiger partial charge in [-0.1, -0.05) is 23.8 Å². The smallest absolute Gasteiger partial charge is 0.0771 e. The SMILES string of the molecule is CC1=CC[C@H]([C@@](C)(O)C/C=C/C(C)(C)O)CC1. The van der Waals surface area contributed by atoms with Gasteiger partial charge in [0, 0.05) is 0 Å². The van der Waals surface area contributed by atoms with E-state index in [2.05, 4.69) is 13.0 Å². The quantitative estimate of drug-likeness (QED) is 0.738. The summed E-state index contributed by atoms with van der Waals surface area (Å²) in [6, 6.07) is 0. The zero-order valence-electron chi connectivity index (χ0n) is 11.5. The lowest BCUT2D eigenvalue weighted by atomic mass is 9.77. The predicted octanol–water partition coefficient (Wildman–Crippen LogP) is 3.20. The first-order valence-corrected chi connectivity index (χ1v) is 6.49. The monoisotopic (exact) mass is 238 g/mol. The van der Waals surface area contributed by atoms with Crippen molar-refractivity contribution in [3.8, 4) is 0 Å². The molecule has 1 aliphatic carbocycles. The molecule has 0 saturated heterocycles. The highest BCUT2D eigenvalue weighted by atomic mass is 16.3. The molecule has 0 aromatic carbocycles. The van der Waals surface area contributed by atoms with E-state index in [-0.39, 0.29) is 0 Å². The van der Waals surface area contributed by atoms with Crippen molar-refractivity contribution >= 4 is 0 Å². The van der Waals surface area contributed by atoms with Gasteiger partial charge >= 0.3 is 0 Å². The third-order valence-electron chi connectivity index (χ3n) is 3.57. The van der Waals surface area contributed by atoms with Gasteiger partial charge in [0.15, 0.2) is 0 Å². The standard InChI is InChI=1S/C15H26O2/c1-12-6-8-13(9-7-12)15(4,17)11-5-10-14(2,3)16/h5-6,10,13,16-17H,7-9,11H2,1-4H3/b10-5+/t13-,15-/m0/s1. The van der Waals surface area contributed by atoms with E-state index >= 15 is 0 Å². The normalized spacial score (nSPS) is 25.8. The Morgan fingerprint density at radius 2 is 2.00 bits per heavy atom. The minimum atomic E-state index is -0.793. The molecule has 0 aliphatic heterocycles. The number of aliphatic hydroxyl groups is 2. The van der Waals surface area contributed by atoms with Gasteiger partial charge in [-0.3, -0.25) is 0 Å². The highest BCUT2D eigenvalue weighted by Crippen LogP contribution is 2.34. The molecule has 2 nitrogen and oxygen atoms in total. The molecule has 1 aliphatic rings. The summed E-state index contributed by atoms with van der Waals surface area (Å²) in [6.45, 7) is 7.54. The van der Waals surface area contributed by atoms with Crippen LogP contribution in [0.25, 0.3) is 0 Å². The molecular formula is C15H26O2. The molecule has 0 saturated carbocycles. The van der Waals surface area contributed by atoms with Gasteiger partial charge in [-0.15, -0.1) is 0 Å². The average molecular weight is 238 g/mol. The van der Waals surface area contributed by atoms with Crippen LogP contribution in [-0.4, -0.2) is 21.4 Å². The van der Waals surface area contributed by atoms with Crippen LogP contribution in [-0.2, 0) is 0 Å². The topological polar surface area (TPSA) is 40.5 Å². The van der Waals surface area contributed by atoms with E-state index < -0.39 is 11.2 Å². The number of hydrogen-bond acceptors (Lipinski definition) is 2. The van der Waals surface area contributed by atoms with Crippen molar-refractivity contribution in [2.24, 2.45) is 5.92 Å². The third kappa shape index (κ3) is 5.05. The van der Waals surface area contributed by atoms with Crippen molar-refractivity contribution in [3.05, 3.63) is 23.8 Å². The molecule has 0 fully saturated rings. The lowest BCUT2D eigenvalue weighted by Gasteiger charge is -2.34. The summed E-state index contributed by atoms with van der Waals surface area (Å²) in [5.41, 5.74) is -0.0259. The van der Waals surface area contributed by atoms with Crippen LogP contribution in [0.2, 0.25) is 0 Å². The molecule has 98 valence electrons. The van der Waals surface area contributed by atoms with Crippen molar-refractivity contribution in [3.63, 3.8) is 0 Å². The lowest BCUT2D eigenvalue weighted by Crippen LogP contribution is -2.35. The van der Waals surface area contributed by atoms with Gasteiger partial charge in [0.2, 0.25) is 0 Å². The minimum absolute atomic E-state index is 0.331. The van der Waals surface area contributed by atoms with Gasteiger partial charge in [-0.25, -0.2) is 0 Å². The summed E-state index contributed by atoms with van der Waals surface area (Å²) in [5.74, 6) is 0.331. The van der Waals surface area contributed by atoms with E-state index in [4.69, 9.17) is 0 Å². The second-order valence-corrected chi connectivity index (χ2v) is 6.14. The van der Waals surface area contributed by atoms with Gasteiger partial charge in [0.05, 0.1) is 11.2 Å². The maximum absolute atomic E-state index is 10.5. The second kappa shape index (κ2) is 5.36. The zero-order chi connectivity index (χ0) is 13.1. The van der Waals surface area contributed by atoms with Crippen molar-refractivity contribution in [2.75, 3.05) is 0 Å². The maximum atomic E-state index is 10.5. The maximum Gasteiger partial charge on any atom is 0.0771 e. The van der Waals surface area contributed by atoms with Crippen LogP contribution in [0, 0.1) is 5.92 Å². The van der Waals surface area contributed by atoms with Crippen LogP contribution in [0.3, 0.4) is 0 Å². The zero-order valence-corrected chi connectivity index (χ0v) is 11.5. The van der Waals surface area contributed by atoms with Gasteiger partial charge < -0.3 is 10.2 Å². The van der Waals surface area contributed by atoms with E-state index in [0.717, 1.165) is 19.3 Å². The molecule has 0 aromatic heterocycles. The highest BCUT2D eigenvalue weighted by Gasteiger charge is 2.31. The van der Waals surface area contributed by atoms with Gasteiger partial charge in [-0.2, -0.15) is 0 Å². The van der Waals surface area contributed by atoms with E-state index in [1.807, 2.05) is 13.0 Å². The molecule has 17 heavy (non-hydrogen) atoms. The van der Waals surface area contributed by atoms with E-state index in [1.54, 1.807) is 19.9 Å². The Hall–Kier alpha value is -0.600. The molecule has 2 atom stereocenters. The Morgan fingerprint density at radius 3 is 2.47 bits per heavy atom. The lowest BCUT2D eigenvalue weighted by molar-refractivity contribution is -0.00295. The van der Waals surface area contributed by atoms with E-state index in [0.29, 0.717) is 12.3 Å². The number of allylic oxidation sites excluding steroid dienone is 2. The summed E-state index contributed by atoms with van der Waals surface area (Å²) in [5, 5.41) is 20.0. The molecule has 0 spiro atoms. The Labute approximate surface area is 105 Å². The van der Waals surface area contributed by atoms with Crippen molar-refractivity contribution < 1.29 is 10.2 Å². The molecule has 1 rings (SSSR count). The molecule has 0 bridgehead atoms. The fraction of sp³-hybridized carbons (Fsp3) is 0.733. The first kappa shape index (κ1) is 14.5. The first-order chi connectivity index (χ1) is 7.71. The summed E-state index contributed by atoms with van der Waals surface area (Å²) in [7, 11) is 0. The number of rotatable bonds is 4. The van der Waals surface area contributed by atoms with E-state index in [1.165, 1.54) is 5.57 Å². The fourth-order valence-corrected chi connectivity index (χ4v) is 2.28. The van der Waals surface area contributed by atoms with E-state index in [9.17, 15) is 10.2 Å². The summed E-state index contributed by atoms with van der Waals surface area (Å²) >= 11 is 0. The molecule has 0 aromatic rings. The highest BCUT2D eigenvalue weighted by molar-refractivity contribution is 5.07. The van der Waals surface area contributed by atoms with Crippen molar-refractivity contribution in [2.45, 2.75) is 64.6 Å². The van der Waals surface area contributed by atoms with Crippen LogP contribution < -0.4 is 0 Å². The Morgan fingerprint density at radius 1 is 1.35 bits per heavy atom. The second-order valence-electron chi connectivity index (χ2n) is 6.14. The van der Waals surface area contributed by atoms with Crippen LogP contribution in [0.4, 0.5) is 0 Å².